The summed E-state index contributed by atoms with van der Waals surface area (Å²) in [5.41, 5.74) is -0.560. The van der Waals surface area contributed by atoms with Gasteiger partial charge in [-0.05, 0) is 23.3 Å². The van der Waals surface area contributed by atoms with Gasteiger partial charge >= 0.3 is 18.2 Å². The molecule has 0 saturated carbocycles. The van der Waals surface area contributed by atoms with Crippen LogP contribution in [0.3, 0.4) is 0 Å². The second-order valence-corrected chi connectivity index (χ2v) is 6.30. The third kappa shape index (κ3) is 5.44. The van der Waals surface area contributed by atoms with Crippen LogP contribution in [-0.4, -0.2) is 28.1 Å². The zero-order valence-corrected chi connectivity index (χ0v) is 16.2. The summed E-state index contributed by atoms with van der Waals surface area (Å²) in [6, 6.07) is 5.77. The lowest BCUT2D eigenvalue weighted by Gasteiger charge is -2.22. The Labute approximate surface area is 174 Å². The molecule has 7 nitrogen and oxygen atoms in total. The third-order valence-electron chi connectivity index (χ3n) is 4.23. The molecule has 3 rings (SSSR count). The number of aromatic nitrogens is 3. The van der Waals surface area contributed by atoms with Gasteiger partial charge in [-0.15, -0.1) is 0 Å². The van der Waals surface area contributed by atoms with Crippen LogP contribution in [0.1, 0.15) is 28.4 Å². The number of anilines is 1. The Morgan fingerprint density at radius 3 is 2.35 bits per heavy atom. The summed E-state index contributed by atoms with van der Waals surface area (Å²) in [4.78, 5) is 24.1. The van der Waals surface area contributed by atoms with Crippen molar-refractivity contribution in [3.05, 3.63) is 77.4 Å². The molecule has 0 unspecified atom stereocenters. The van der Waals surface area contributed by atoms with Crippen molar-refractivity contribution in [1.29, 1.82) is 0 Å². The third-order valence-corrected chi connectivity index (χ3v) is 4.23. The number of amides is 2. The second kappa shape index (κ2) is 9.37. The van der Waals surface area contributed by atoms with Crippen LogP contribution in [0.2, 0.25) is 0 Å². The van der Waals surface area contributed by atoms with Crippen LogP contribution in [0.5, 0.6) is 6.01 Å². The van der Waals surface area contributed by atoms with Gasteiger partial charge < -0.3 is 15.4 Å². The largest absolute Gasteiger partial charge is 0.467 e. The lowest BCUT2D eigenvalue weighted by Crippen LogP contribution is -2.35. The minimum atomic E-state index is -4.69. The van der Waals surface area contributed by atoms with Gasteiger partial charge in [-0.2, -0.15) is 13.2 Å². The molecule has 2 amide bonds. The Kier molecular flexibility index (Phi) is 6.63. The molecule has 0 aliphatic heterocycles. The number of carbonyl (C=O) groups is 1. The molecule has 2 N–H and O–H groups in total. The number of nitrogens with zero attached hydrogens (tertiary/aromatic N) is 3. The lowest BCUT2D eigenvalue weighted by molar-refractivity contribution is -0.138. The van der Waals surface area contributed by atoms with Crippen molar-refractivity contribution in [2.75, 3.05) is 12.4 Å². The highest BCUT2D eigenvalue weighted by molar-refractivity contribution is 5.89. The van der Waals surface area contributed by atoms with Crippen molar-refractivity contribution in [1.82, 2.24) is 20.3 Å². The van der Waals surface area contributed by atoms with Gasteiger partial charge in [0.25, 0.3) is 0 Å². The predicted molar refractivity (Wildman–Crippen MR) is 103 cm³/mol. The number of pyridine rings is 1. The van der Waals surface area contributed by atoms with Crippen molar-refractivity contribution < 1.29 is 27.1 Å². The zero-order chi connectivity index (χ0) is 22.4. The summed E-state index contributed by atoms with van der Waals surface area (Å²) < 4.78 is 58.3. The quantitative estimate of drug-likeness (QED) is 0.565. The van der Waals surface area contributed by atoms with E-state index < -0.39 is 36.2 Å². The van der Waals surface area contributed by atoms with E-state index >= 15 is 0 Å². The van der Waals surface area contributed by atoms with Crippen molar-refractivity contribution in [3.63, 3.8) is 0 Å². The molecule has 0 bridgehead atoms. The van der Waals surface area contributed by atoms with E-state index in [2.05, 4.69) is 25.6 Å². The van der Waals surface area contributed by atoms with E-state index in [9.17, 15) is 22.4 Å². The molecular formula is C20H17F4N5O2. The molecule has 162 valence electrons. The summed E-state index contributed by atoms with van der Waals surface area (Å²) in [5, 5.41) is 4.93. The molecule has 1 aromatic carbocycles. The molecule has 0 spiro atoms. The maximum absolute atomic E-state index is 13.6. The first-order valence-corrected chi connectivity index (χ1v) is 8.92. The maximum atomic E-state index is 13.6. The van der Waals surface area contributed by atoms with Gasteiger partial charge in [-0.1, -0.05) is 24.3 Å². The molecule has 0 aliphatic carbocycles. The van der Waals surface area contributed by atoms with E-state index in [1.807, 2.05) is 0 Å². The van der Waals surface area contributed by atoms with Crippen LogP contribution in [0.4, 0.5) is 28.0 Å². The van der Waals surface area contributed by atoms with E-state index in [1.165, 1.54) is 50.0 Å². The van der Waals surface area contributed by atoms with E-state index in [4.69, 9.17) is 4.74 Å². The number of nitrogens with one attached hydrogen (secondary N) is 2. The van der Waals surface area contributed by atoms with Crippen LogP contribution >= 0.6 is 0 Å². The molecule has 31 heavy (non-hydrogen) atoms. The van der Waals surface area contributed by atoms with Crippen molar-refractivity contribution >= 4 is 11.7 Å². The molecular weight excluding hydrogens is 418 g/mol. The van der Waals surface area contributed by atoms with E-state index in [0.717, 1.165) is 12.1 Å². The number of methoxy groups -OCH3 is 1. The van der Waals surface area contributed by atoms with Crippen LogP contribution in [0.25, 0.3) is 0 Å². The maximum Gasteiger partial charge on any atom is 0.418 e. The first-order chi connectivity index (χ1) is 14.8. The van der Waals surface area contributed by atoms with Crippen LogP contribution < -0.4 is 15.4 Å². The fraction of sp³-hybridized carbons (Fsp3) is 0.200. The molecule has 1 atom stereocenters. The number of benzene rings is 1. The molecule has 0 aliphatic rings. The first kappa shape index (κ1) is 21.9. The van der Waals surface area contributed by atoms with Crippen molar-refractivity contribution in [2.24, 2.45) is 0 Å². The first-order valence-electron chi connectivity index (χ1n) is 8.92. The molecule has 2 heterocycles. The highest BCUT2D eigenvalue weighted by Gasteiger charge is 2.37. The zero-order valence-electron chi connectivity index (χ0n) is 16.2. The Balaban J connectivity index is 1.93. The topological polar surface area (TPSA) is 89.0 Å². The fourth-order valence-corrected chi connectivity index (χ4v) is 2.78. The van der Waals surface area contributed by atoms with Gasteiger partial charge in [-0.25, -0.2) is 19.2 Å². The number of alkyl halides is 4. The van der Waals surface area contributed by atoms with Crippen LogP contribution in [0.15, 0.2) is 55.0 Å². The SMILES string of the molecule is COc1ncc(NC(=O)N[C@@H](c2ccc(CF)cc2)c2ncccc2C(F)(F)F)cn1. The summed E-state index contributed by atoms with van der Waals surface area (Å²) in [7, 11) is 1.37. The molecule has 0 radical (unpaired) electrons. The molecule has 2 aromatic heterocycles. The summed E-state index contributed by atoms with van der Waals surface area (Å²) in [5.74, 6) is 0. The highest BCUT2D eigenvalue weighted by atomic mass is 19.4. The minimum Gasteiger partial charge on any atom is -0.467 e. The smallest absolute Gasteiger partial charge is 0.418 e. The Morgan fingerprint density at radius 2 is 1.77 bits per heavy atom. The Hall–Kier alpha value is -3.76. The normalized spacial score (nSPS) is 12.2. The van der Waals surface area contributed by atoms with Crippen LogP contribution in [0, 0.1) is 0 Å². The lowest BCUT2D eigenvalue weighted by atomic mass is 9.98. The standard InChI is InChI=1S/C20H17F4N5O2/c1-31-19-26-10-14(11-27-19)28-18(30)29-16(13-6-4-12(9-21)5-7-13)17-15(20(22,23)24)3-2-8-25-17/h2-8,10-11,16H,9H2,1H3,(H2,28,29,30)/t16-/m0/s1. The summed E-state index contributed by atoms with van der Waals surface area (Å²) in [6.45, 7) is -0.728. The summed E-state index contributed by atoms with van der Waals surface area (Å²) >= 11 is 0. The number of hydrogen-bond acceptors (Lipinski definition) is 5. The van der Waals surface area contributed by atoms with Gasteiger partial charge in [0.1, 0.15) is 6.67 Å². The van der Waals surface area contributed by atoms with Crippen LogP contribution in [-0.2, 0) is 12.9 Å². The molecule has 0 fully saturated rings. The average molecular weight is 435 g/mol. The van der Waals surface area contributed by atoms with Gasteiger partial charge in [0.15, 0.2) is 0 Å². The number of rotatable bonds is 6. The fourth-order valence-electron chi connectivity index (χ4n) is 2.78. The Bertz CT molecular complexity index is 1030. The van der Waals surface area contributed by atoms with E-state index in [-0.39, 0.29) is 11.7 Å². The van der Waals surface area contributed by atoms with E-state index in [1.54, 1.807) is 0 Å². The molecule has 0 saturated heterocycles. The predicted octanol–water partition coefficient (Wildman–Crippen LogP) is 4.28. The molecule has 11 heteroatoms. The van der Waals surface area contributed by atoms with Gasteiger partial charge in [0, 0.05) is 6.20 Å². The van der Waals surface area contributed by atoms with Crippen molar-refractivity contribution in [3.8, 4) is 6.01 Å². The number of urea groups is 1. The van der Waals surface area contributed by atoms with Crippen molar-refractivity contribution in [2.45, 2.75) is 18.9 Å². The Morgan fingerprint density at radius 1 is 1.10 bits per heavy atom. The number of ether oxygens (including phenoxy) is 1. The highest BCUT2D eigenvalue weighted by Crippen LogP contribution is 2.35. The van der Waals surface area contributed by atoms with E-state index in [0.29, 0.717) is 11.1 Å². The summed E-state index contributed by atoms with van der Waals surface area (Å²) in [6.07, 6.45) is -0.941. The number of carbonyl (C=O) groups excluding carboxylic acids is 1. The molecule has 3 aromatic rings. The van der Waals surface area contributed by atoms with Gasteiger partial charge in [-0.3, -0.25) is 4.98 Å². The number of hydrogen-bond donors (Lipinski definition) is 2. The van der Waals surface area contributed by atoms with Gasteiger partial charge in [0.2, 0.25) is 0 Å². The minimum absolute atomic E-state index is 0.0834. The van der Waals surface area contributed by atoms with Gasteiger partial charge in [0.05, 0.1) is 42.5 Å². The number of halogens is 4. The monoisotopic (exact) mass is 435 g/mol. The second-order valence-electron chi connectivity index (χ2n) is 6.30. The average Bonchev–Trinajstić information content (AvgIpc) is 2.77.